The van der Waals surface area contributed by atoms with E-state index in [9.17, 15) is 9.59 Å². The van der Waals surface area contributed by atoms with Crippen LogP contribution in [-0.2, 0) is 9.59 Å². The van der Waals surface area contributed by atoms with Crippen LogP contribution in [0.4, 0.5) is 11.4 Å². The van der Waals surface area contributed by atoms with Crippen LogP contribution in [0, 0.1) is 0 Å². The number of nitrogens with one attached hydrogen (secondary N) is 1. The molecular formula is C17H15BrN2O3. The van der Waals surface area contributed by atoms with E-state index >= 15 is 0 Å². The number of rotatable bonds is 2. The highest BCUT2D eigenvalue weighted by molar-refractivity contribution is 9.10. The lowest BCUT2D eigenvalue weighted by Gasteiger charge is -2.33. The van der Waals surface area contributed by atoms with Crippen LogP contribution >= 0.6 is 15.9 Å². The van der Waals surface area contributed by atoms with E-state index in [2.05, 4.69) is 21.2 Å². The maximum absolute atomic E-state index is 12.4. The first-order valence-electron chi connectivity index (χ1n) is 7.15. The molecule has 2 aromatic carbocycles. The summed E-state index contributed by atoms with van der Waals surface area (Å²) in [5.74, 6) is 0.125. The largest absolute Gasteiger partial charge is 0.476 e. The van der Waals surface area contributed by atoms with Crippen LogP contribution in [-0.4, -0.2) is 24.5 Å². The highest BCUT2D eigenvalue weighted by Crippen LogP contribution is 2.33. The molecule has 0 saturated heterocycles. The Kier molecular flexibility index (Phi) is 4.34. The van der Waals surface area contributed by atoms with Crippen molar-refractivity contribution in [3.8, 4) is 5.75 Å². The third-order valence-corrected chi connectivity index (χ3v) is 4.09. The van der Waals surface area contributed by atoms with Crippen molar-refractivity contribution in [1.29, 1.82) is 0 Å². The number of fused-ring (bicyclic) bond motifs is 1. The van der Waals surface area contributed by atoms with Crippen LogP contribution in [0.3, 0.4) is 0 Å². The first kappa shape index (κ1) is 15.6. The molecule has 0 saturated carbocycles. The molecule has 6 heteroatoms. The summed E-state index contributed by atoms with van der Waals surface area (Å²) in [6.45, 7) is 1.67. The predicted octanol–water partition coefficient (Wildman–Crippen LogP) is 3.20. The molecule has 1 N–H and O–H groups in total. The molecule has 0 spiro atoms. The van der Waals surface area contributed by atoms with Gasteiger partial charge in [0.25, 0.3) is 5.91 Å². The van der Waals surface area contributed by atoms with Crippen LogP contribution < -0.4 is 15.0 Å². The van der Waals surface area contributed by atoms with Gasteiger partial charge in [-0.25, -0.2) is 0 Å². The van der Waals surface area contributed by atoms with E-state index in [0.717, 1.165) is 4.47 Å². The monoisotopic (exact) mass is 374 g/mol. The molecule has 0 radical (unpaired) electrons. The fourth-order valence-electron chi connectivity index (χ4n) is 2.43. The van der Waals surface area contributed by atoms with Crippen LogP contribution in [0.15, 0.2) is 53.0 Å². The maximum Gasteiger partial charge on any atom is 0.267 e. The van der Waals surface area contributed by atoms with Gasteiger partial charge in [0, 0.05) is 17.1 Å². The zero-order valence-corrected chi connectivity index (χ0v) is 14.0. The second kappa shape index (κ2) is 6.42. The molecule has 0 unspecified atom stereocenters. The van der Waals surface area contributed by atoms with Crippen molar-refractivity contribution in [3.05, 3.63) is 53.0 Å². The van der Waals surface area contributed by atoms with E-state index in [0.29, 0.717) is 17.1 Å². The average Bonchev–Trinajstić information content (AvgIpc) is 2.55. The fraction of sp³-hybridized carbons (Fsp3) is 0.176. The normalized spacial score (nSPS) is 16.3. The topological polar surface area (TPSA) is 58.6 Å². The molecule has 3 rings (SSSR count). The summed E-state index contributed by atoms with van der Waals surface area (Å²) >= 11 is 3.35. The Morgan fingerprint density at radius 2 is 1.87 bits per heavy atom. The van der Waals surface area contributed by atoms with Gasteiger partial charge in [0.2, 0.25) is 5.91 Å². The van der Waals surface area contributed by atoms with Gasteiger partial charge in [0.15, 0.2) is 6.10 Å². The van der Waals surface area contributed by atoms with Crippen LogP contribution in [0.25, 0.3) is 0 Å². The smallest absolute Gasteiger partial charge is 0.267 e. The Balaban J connectivity index is 1.79. The van der Waals surface area contributed by atoms with E-state index < -0.39 is 6.10 Å². The highest BCUT2D eigenvalue weighted by Gasteiger charge is 2.32. The SMILES string of the molecule is CC(=O)N1C[C@@H](C(=O)Nc2ccc(Br)cc2)Oc2ccccc21. The molecular weight excluding hydrogens is 360 g/mol. The number of halogens is 1. The van der Waals surface area contributed by atoms with Gasteiger partial charge in [-0.2, -0.15) is 0 Å². The molecule has 118 valence electrons. The number of carbonyl (C=O) groups excluding carboxylic acids is 2. The molecule has 1 atom stereocenters. The minimum Gasteiger partial charge on any atom is -0.476 e. The zero-order valence-electron chi connectivity index (χ0n) is 12.5. The Morgan fingerprint density at radius 3 is 2.57 bits per heavy atom. The number of nitrogens with zero attached hydrogens (tertiary/aromatic N) is 1. The van der Waals surface area contributed by atoms with Gasteiger partial charge >= 0.3 is 0 Å². The van der Waals surface area contributed by atoms with Crippen molar-refractivity contribution >= 4 is 39.1 Å². The second-order valence-electron chi connectivity index (χ2n) is 5.20. The van der Waals surface area contributed by atoms with E-state index in [1.165, 1.54) is 6.92 Å². The highest BCUT2D eigenvalue weighted by atomic mass is 79.9. The number of hydrogen-bond donors (Lipinski definition) is 1. The second-order valence-corrected chi connectivity index (χ2v) is 6.12. The molecule has 0 aliphatic carbocycles. The minimum absolute atomic E-state index is 0.123. The van der Waals surface area contributed by atoms with Crippen molar-refractivity contribution in [2.45, 2.75) is 13.0 Å². The summed E-state index contributed by atoms with van der Waals surface area (Å²) in [5, 5.41) is 2.81. The third-order valence-electron chi connectivity index (χ3n) is 3.56. The molecule has 1 aliphatic heterocycles. The summed E-state index contributed by atoms with van der Waals surface area (Å²) in [6.07, 6.45) is -0.752. The molecule has 1 heterocycles. The Labute approximate surface area is 142 Å². The van der Waals surface area contributed by atoms with Gasteiger partial charge in [-0.1, -0.05) is 28.1 Å². The van der Waals surface area contributed by atoms with Crippen LogP contribution in [0.5, 0.6) is 5.75 Å². The van der Waals surface area contributed by atoms with Gasteiger partial charge in [0.1, 0.15) is 5.75 Å². The lowest BCUT2D eigenvalue weighted by Crippen LogP contribution is -2.48. The van der Waals surface area contributed by atoms with Gasteiger partial charge in [0.05, 0.1) is 12.2 Å². The van der Waals surface area contributed by atoms with Crippen LogP contribution in [0.2, 0.25) is 0 Å². The van der Waals surface area contributed by atoms with Crippen LogP contribution in [0.1, 0.15) is 6.92 Å². The molecule has 0 bridgehead atoms. The maximum atomic E-state index is 12.4. The summed E-state index contributed by atoms with van der Waals surface area (Å²) < 4.78 is 6.69. The molecule has 2 aromatic rings. The molecule has 0 aromatic heterocycles. The summed E-state index contributed by atoms with van der Waals surface area (Å²) in [4.78, 5) is 25.9. The van der Waals surface area contributed by atoms with Crippen molar-refractivity contribution in [3.63, 3.8) is 0 Å². The van der Waals surface area contributed by atoms with Gasteiger partial charge in [-0.3, -0.25) is 9.59 Å². The minimum atomic E-state index is -0.752. The molecule has 0 fully saturated rings. The van der Waals surface area contributed by atoms with E-state index in [1.54, 1.807) is 29.2 Å². The number of amides is 2. The molecule has 1 aliphatic rings. The number of ether oxygens (including phenoxy) is 1. The zero-order chi connectivity index (χ0) is 16.4. The Morgan fingerprint density at radius 1 is 1.17 bits per heavy atom. The van der Waals surface area contributed by atoms with Crippen molar-refractivity contribution < 1.29 is 14.3 Å². The lowest BCUT2D eigenvalue weighted by molar-refractivity contribution is -0.123. The molecule has 23 heavy (non-hydrogen) atoms. The molecule has 5 nitrogen and oxygen atoms in total. The lowest BCUT2D eigenvalue weighted by atomic mass is 10.1. The fourth-order valence-corrected chi connectivity index (χ4v) is 2.69. The van der Waals surface area contributed by atoms with Gasteiger partial charge < -0.3 is 15.0 Å². The quantitative estimate of drug-likeness (QED) is 0.877. The first-order valence-corrected chi connectivity index (χ1v) is 7.94. The summed E-state index contributed by atoms with van der Waals surface area (Å²) in [5.41, 5.74) is 1.36. The van der Waals surface area contributed by atoms with Gasteiger partial charge in [-0.05, 0) is 36.4 Å². The van der Waals surface area contributed by atoms with Crippen molar-refractivity contribution in [1.82, 2.24) is 0 Å². The number of anilines is 2. The van der Waals surface area contributed by atoms with Crippen molar-refractivity contribution in [2.24, 2.45) is 0 Å². The number of para-hydroxylation sites is 2. The predicted molar refractivity (Wildman–Crippen MR) is 91.7 cm³/mol. The van der Waals surface area contributed by atoms with E-state index in [1.807, 2.05) is 24.3 Å². The summed E-state index contributed by atoms with van der Waals surface area (Å²) in [7, 11) is 0. The van der Waals surface area contributed by atoms with E-state index in [-0.39, 0.29) is 18.4 Å². The summed E-state index contributed by atoms with van der Waals surface area (Å²) in [6, 6.07) is 14.5. The van der Waals surface area contributed by atoms with Crippen molar-refractivity contribution in [2.75, 3.05) is 16.8 Å². The Bertz CT molecular complexity index is 746. The molecule has 2 amide bonds. The number of benzene rings is 2. The van der Waals surface area contributed by atoms with Gasteiger partial charge in [-0.15, -0.1) is 0 Å². The first-order chi connectivity index (χ1) is 11.0. The standard InChI is InChI=1S/C17H15BrN2O3/c1-11(21)20-10-16(23-15-5-3-2-4-14(15)20)17(22)19-13-8-6-12(18)7-9-13/h2-9,16H,10H2,1H3,(H,19,22)/t16-/m0/s1. The third kappa shape index (κ3) is 3.37. The number of hydrogen-bond acceptors (Lipinski definition) is 3. The average molecular weight is 375 g/mol. The Hall–Kier alpha value is -2.34. The van der Waals surface area contributed by atoms with E-state index in [4.69, 9.17) is 4.74 Å². The number of carbonyl (C=O) groups is 2.